The van der Waals surface area contributed by atoms with Gasteiger partial charge in [0.1, 0.15) is 0 Å². The van der Waals surface area contributed by atoms with E-state index in [2.05, 4.69) is 10.1 Å². The lowest BCUT2D eigenvalue weighted by Gasteiger charge is -2.22. The lowest BCUT2D eigenvalue weighted by atomic mass is 10.0. The molecule has 2 heterocycles. The van der Waals surface area contributed by atoms with E-state index in [4.69, 9.17) is 20.4 Å². The molecule has 0 aromatic carbocycles. The van der Waals surface area contributed by atoms with Gasteiger partial charge in [0.05, 0.1) is 12.2 Å². The van der Waals surface area contributed by atoms with Crippen LogP contribution in [0.5, 0.6) is 5.88 Å². The molecular weight excluding hydrogens is 246 g/mol. The molecule has 1 aliphatic rings. The number of pyridine rings is 1. The Morgan fingerprint density at radius 2 is 2.26 bits per heavy atom. The van der Waals surface area contributed by atoms with Crippen molar-refractivity contribution in [3.8, 4) is 5.88 Å². The van der Waals surface area contributed by atoms with Crippen LogP contribution in [0, 0.1) is 12.8 Å². The summed E-state index contributed by atoms with van der Waals surface area (Å²) in [4.78, 5) is 4.30. The van der Waals surface area contributed by atoms with Crippen LogP contribution in [-0.2, 0) is 4.74 Å². The predicted octanol–water partition coefficient (Wildman–Crippen LogP) is 1.29. The molecule has 1 aliphatic heterocycles. The van der Waals surface area contributed by atoms with Crippen LogP contribution < -0.4 is 10.5 Å². The van der Waals surface area contributed by atoms with Crippen LogP contribution in [0.4, 0.5) is 0 Å². The van der Waals surface area contributed by atoms with Crippen molar-refractivity contribution in [1.29, 1.82) is 0 Å². The van der Waals surface area contributed by atoms with Crippen LogP contribution in [0.3, 0.4) is 0 Å². The molecule has 0 saturated carbocycles. The lowest BCUT2D eigenvalue weighted by molar-refractivity contribution is 0.0490. The Hall–Kier alpha value is -1.82. The molecule has 0 bridgehead atoms. The number of rotatable bonds is 4. The predicted molar refractivity (Wildman–Crippen MR) is 70.5 cm³/mol. The Bertz CT molecular complexity index is 456. The number of amidine groups is 1. The third-order valence-electron chi connectivity index (χ3n) is 3.18. The van der Waals surface area contributed by atoms with Crippen LogP contribution in [0.1, 0.15) is 24.1 Å². The van der Waals surface area contributed by atoms with Crippen LogP contribution in [0.2, 0.25) is 0 Å². The van der Waals surface area contributed by atoms with E-state index in [1.165, 1.54) is 0 Å². The van der Waals surface area contributed by atoms with Crippen molar-refractivity contribution >= 4 is 5.84 Å². The van der Waals surface area contributed by atoms with E-state index < -0.39 is 0 Å². The SMILES string of the molecule is Cc1ccc(C(N)=NO)c(OCC2CCOCC2)n1. The summed E-state index contributed by atoms with van der Waals surface area (Å²) in [5.74, 6) is 0.896. The van der Waals surface area contributed by atoms with Gasteiger partial charge in [-0.2, -0.15) is 0 Å². The molecule has 0 spiro atoms. The summed E-state index contributed by atoms with van der Waals surface area (Å²) >= 11 is 0. The highest BCUT2D eigenvalue weighted by molar-refractivity contribution is 5.99. The van der Waals surface area contributed by atoms with Crippen LogP contribution >= 0.6 is 0 Å². The molecule has 0 atom stereocenters. The van der Waals surface area contributed by atoms with Crippen molar-refractivity contribution < 1.29 is 14.7 Å². The standard InChI is InChI=1S/C13H19N3O3/c1-9-2-3-11(12(14)16-17)13(15-9)19-8-10-4-6-18-7-5-10/h2-3,10,17H,4-8H2,1H3,(H2,14,16). The highest BCUT2D eigenvalue weighted by Crippen LogP contribution is 2.20. The van der Waals surface area contributed by atoms with E-state index in [1.807, 2.05) is 6.92 Å². The minimum absolute atomic E-state index is 0.00878. The maximum atomic E-state index is 8.76. The maximum absolute atomic E-state index is 8.76. The first-order valence-electron chi connectivity index (χ1n) is 6.37. The number of aryl methyl sites for hydroxylation is 1. The summed E-state index contributed by atoms with van der Waals surface area (Å²) < 4.78 is 11.0. The highest BCUT2D eigenvalue weighted by atomic mass is 16.5. The smallest absolute Gasteiger partial charge is 0.224 e. The summed E-state index contributed by atoms with van der Waals surface area (Å²) in [7, 11) is 0. The topological polar surface area (TPSA) is 90.0 Å². The van der Waals surface area contributed by atoms with Gasteiger partial charge in [-0.05, 0) is 37.8 Å². The number of ether oxygens (including phenoxy) is 2. The van der Waals surface area contributed by atoms with E-state index in [9.17, 15) is 0 Å². The average Bonchev–Trinajstić information content (AvgIpc) is 2.45. The van der Waals surface area contributed by atoms with Gasteiger partial charge in [-0.15, -0.1) is 0 Å². The van der Waals surface area contributed by atoms with Gasteiger partial charge >= 0.3 is 0 Å². The second-order valence-corrected chi connectivity index (χ2v) is 4.66. The summed E-state index contributed by atoms with van der Waals surface area (Å²) in [5, 5.41) is 11.8. The molecule has 1 fully saturated rings. The third-order valence-corrected chi connectivity index (χ3v) is 3.18. The third kappa shape index (κ3) is 3.57. The van der Waals surface area contributed by atoms with Crippen LogP contribution in [0.15, 0.2) is 17.3 Å². The molecule has 1 aromatic heterocycles. The van der Waals surface area contributed by atoms with Gasteiger partial charge in [0.25, 0.3) is 0 Å². The lowest BCUT2D eigenvalue weighted by Crippen LogP contribution is -2.23. The van der Waals surface area contributed by atoms with Gasteiger partial charge in [-0.1, -0.05) is 5.16 Å². The largest absolute Gasteiger partial charge is 0.477 e. The monoisotopic (exact) mass is 265 g/mol. The normalized spacial score (nSPS) is 17.4. The molecule has 1 aromatic rings. The molecule has 3 N–H and O–H groups in total. The number of nitrogens with two attached hydrogens (primary N) is 1. The van der Waals surface area contributed by atoms with Gasteiger partial charge in [-0.3, -0.25) is 0 Å². The van der Waals surface area contributed by atoms with Gasteiger partial charge in [-0.25, -0.2) is 4.98 Å². The van der Waals surface area contributed by atoms with Gasteiger partial charge in [0.15, 0.2) is 5.84 Å². The molecule has 0 unspecified atom stereocenters. The first kappa shape index (κ1) is 13.6. The minimum atomic E-state index is 0.00878. The number of aromatic nitrogens is 1. The summed E-state index contributed by atoms with van der Waals surface area (Å²) in [6.07, 6.45) is 1.98. The Balaban J connectivity index is 2.07. The molecule has 19 heavy (non-hydrogen) atoms. The zero-order chi connectivity index (χ0) is 13.7. The molecule has 0 amide bonds. The van der Waals surface area contributed by atoms with E-state index >= 15 is 0 Å². The minimum Gasteiger partial charge on any atom is -0.477 e. The maximum Gasteiger partial charge on any atom is 0.224 e. The number of oxime groups is 1. The van der Waals surface area contributed by atoms with Gasteiger partial charge in [0.2, 0.25) is 5.88 Å². The fourth-order valence-corrected chi connectivity index (χ4v) is 2.00. The number of hydrogen-bond acceptors (Lipinski definition) is 5. The Kier molecular flexibility index (Phi) is 4.57. The quantitative estimate of drug-likeness (QED) is 0.370. The fourth-order valence-electron chi connectivity index (χ4n) is 2.00. The molecule has 104 valence electrons. The zero-order valence-electron chi connectivity index (χ0n) is 11.0. The first-order valence-corrected chi connectivity index (χ1v) is 6.37. The number of hydrogen-bond donors (Lipinski definition) is 2. The summed E-state index contributed by atoms with van der Waals surface area (Å²) in [6.45, 7) is 4.01. The second-order valence-electron chi connectivity index (χ2n) is 4.66. The molecular formula is C13H19N3O3. The highest BCUT2D eigenvalue weighted by Gasteiger charge is 2.17. The van der Waals surface area contributed by atoms with E-state index in [0.717, 1.165) is 31.7 Å². The fraction of sp³-hybridized carbons (Fsp3) is 0.538. The number of nitrogens with zero attached hydrogens (tertiary/aromatic N) is 2. The summed E-state index contributed by atoms with van der Waals surface area (Å²) in [6, 6.07) is 3.55. The van der Waals surface area contributed by atoms with Crippen molar-refractivity contribution in [1.82, 2.24) is 4.98 Å². The zero-order valence-corrected chi connectivity index (χ0v) is 11.0. The van der Waals surface area contributed by atoms with Crippen molar-refractivity contribution in [3.63, 3.8) is 0 Å². The van der Waals surface area contributed by atoms with Crippen molar-refractivity contribution in [2.75, 3.05) is 19.8 Å². The molecule has 1 saturated heterocycles. The molecule has 2 rings (SSSR count). The average molecular weight is 265 g/mol. The van der Waals surface area contributed by atoms with Crippen molar-refractivity contribution in [2.45, 2.75) is 19.8 Å². The molecule has 0 radical (unpaired) electrons. The van der Waals surface area contributed by atoms with Crippen LogP contribution in [-0.4, -0.2) is 35.8 Å². The molecule has 6 heteroatoms. The van der Waals surface area contributed by atoms with E-state index in [0.29, 0.717) is 24.0 Å². The van der Waals surface area contributed by atoms with Gasteiger partial charge in [0, 0.05) is 18.9 Å². The Morgan fingerprint density at radius 3 is 2.95 bits per heavy atom. The molecule has 0 aliphatic carbocycles. The van der Waals surface area contributed by atoms with Crippen LogP contribution in [0.25, 0.3) is 0 Å². The second kappa shape index (κ2) is 6.38. The van der Waals surface area contributed by atoms with Gasteiger partial charge < -0.3 is 20.4 Å². The Labute approximate surface area is 112 Å². The van der Waals surface area contributed by atoms with E-state index in [1.54, 1.807) is 12.1 Å². The Morgan fingerprint density at radius 1 is 1.53 bits per heavy atom. The van der Waals surface area contributed by atoms with Crippen molar-refractivity contribution in [2.24, 2.45) is 16.8 Å². The van der Waals surface area contributed by atoms with E-state index in [-0.39, 0.29) is 5.84 Å². The van der Waals surface area contributed by atoms with Crippen molar-refractivity contribution in [3.05, 3.63) is 23.4 Å². The molecule has 6 nitrogen and oxygen atoms in total. The summed E-state index contributed by atoms with van der Waals surface area (Å²) in [5.41, 5.74) is 6.96. The first-order chi connectivity index (χ1) is 9.20.